The molecule has 12 aromatic rings. The van der Waals surface area contributed by atoms with E-state index in [-0.39, 0.29) is 17.5 Å². The number of aromatic nitrogens is 2. The average Bonchev–Trinajstić information content (AvgIpc) is 4.26. The summed E-state index contributed by atoms with van der Waals surface area (Å²) in [5.41, 5.74) is 30.5. The van der Waals surface area contributed by atoms with Crippen LogP contribution in [0.15, 0.2) is 212 Å². The fourth-order valence-corrected chi connectivity index (χ4v) is 14.8. The van der Waals surface area contributed by atoms with Gasteiger partial charge in [-0.3, -0.25) is 0 Å². The third kappa shape index (κ3) is 5.12. The zero-order chi connectivity index (χ0) is 49.6. The van der Waals surface area contributed by atoms with Crippen LogP contribution in [0.1, 0.15) is 83.3 Å². The van der Waals surface area contributed by atoms with E-state index < -0.39 is 5.41 Å². The van der Waals surface area contributed by atoms with Gasteiger partial charge in [0.05, 0.1) is 16.6 Å². The molecule has 0 atom stereocenters. The topological polar surface area (TPSA) is 9.86 Å². The van der Waals surface area contributed by atoms with Crippen molar-refractivity contribution in [2.24, 2.45) is 0 Å². The molecule has 5 heterocycles. The van der Waals surface area contributed by atoms with Crippen LogP contribution in [-0.2, 0) is 16.2 Å². The van der Waals surface area contributed by atoms with E-state index in [9.17, 15) is 0 Å². The summed E-state index contributed by atoms with van der Waals surface area (Å²) in [5, 5.41) is 3.95. The van der Waals surface area contributed by atoms with Gasteiger partial charge in [0.1, 0.15) is 0 Å². The molecule has 0 saturated heterocycles. The Morgan fingerprint density at radius 2 is 0.932 bits per heavy atom. The third-order valence-electron chi connectivity index (χ3n) is 18.4. The highest BCUT2D eigenvalue weighted by Crippen LogP contribution is 2.63. The lowest BCUT2D eigenvalue weighted by molar-refractivity contribution is 0.637. The van der Waals surface area contributed by atoms with Crippen molar-refractivity contribution in [3.05, 3.63) is 268 Å². The molecule has 0 bridgehead atoms. The number of fused-ring (bicyclic) bond motifs is 11. The lowest BCUT2D eigenvalue weighted by atomic mass is 9.33. The molecular formula is C71H53BN2. The Morgan fingerprint density at radius 1 is 0.392 bits per heavy atom. The molecule has 3 aliphatic heterocycles. The third-order valence-corrected chi connectivity index (χ3v) is 18.4. The summed E-state index contributed by atoms with van der Waals surface area (Å²) in [7, 11) is 0. The van der Waals surface area contributed by atoms with Crippen LogP contribution in [0.4, 0.5) is 0 Å². The molecule has 350 valence electrons. The molecule has 3 heteroatoms. The molecule has 0 radical (unpaired) electrons. The summed E-state index contributed by atoms with van der Waals surface area (Å²) in [6.07, 6.45) is 0. The Morgan fingerprint density at radius 3 is 1.54 bits per heavy atom. The molecule has 10 aromatic carbocycles. The van der Waals surface area contributed by atoms with Gasteiger partial charge in [0, 0.05) is 55.0 Å². The van der Waals surface area contributed by atoms with Gasteiger partial charge in [0.2, 0.25) is 0 Å². The highest BCUT2D eigenvalue weighted by molar-refractivity contribution is 7.00. The molecule has 0 unspecified atom stereocenters. The second-order valence-electron chi connectivity index (χ2n) is 22.9. The van der Waals surface area contributed by atoms with Crippen molar-refractivity contribution in [3.63, 3.8) is 0 Å². The van der Waals surface area contributed by atoms with Crippen LogP contribution >= 0.6 is 0 Å². The molecule has 74 heavy (non-hydrogen) atoms. The number of aryl methyl sites for hydroxylation is 2. The number of hydrogen-bond donors (Lipinski definition) is 0. The Bertz CT molecular complexity index is 4370. The van der Waals surface area contributed by atoms with E-state index in [1.807, 2.05) is 0 Å². The van der Waals surface area contributed by atoms with Crippen LogP contribution in [0.25, 0.3) is 77.6 Å². The first-order valence-corrected chi connectivity index (χ1v) is 26.5. The van der Waals surface area contributed by atoms with Crippen molar-refractivity contribution in [2.45, 2.75) is 57.8 Å². The molecule has 0 fully saturated rings. The number of rotatable bonds is 6. The second-order valence-corrected chi connectivity index (χ2v) is 22.9. The van der Waals surface area contributed by atoms with Gasteiger partial charge >= 0.3 is 0 Å². The second kappa shape index (κ2) is 14.4. The minimum atomic E-state index is -0.618. The van der Waals surface area contributed by atoms with E-state index in [0.717, 1.165) is 0 Å². The van der Waals surface area contributed by atoms with Gasteiger partial charge in [-0.25, -0.2) is 0 Å². The molecule has 2 nitrogen and oxygen atoms in total. The van der Waals surface area contributed by atoms with Crippen LogP contribution in [-0.4, -0.2) is 15.8 Å². The first kappa shape index (κ1) is 42.1. The molecule has 0 amide bonds. The molecule has 4 aliphatic rings. The van der Waals surface area contributed by atoms with Crippen LogP contribution in [0, 0.1) is 13.8 Å². The zero-order valence-electron chi connectivity index (χ0n) is 42.7. The van der Waals surface area contributed by atoms with E-state index in [1.165, 1.54) is 150 Å². The number of nitrogens with zero attached hydrogens (tertiary/aromatic N) is 2. The maximum absolute atomic E-state index is 2.78. The normalized spacial score (nSPS) is 14.2. The summed E-state index contributed by atoms with van der Waals surface area (Å²) in [6, 6.07) is 82.0. The molecule has 0 saturated carbocycles. The Kier molecular flexibility index (Phi) is 8.22. The van der Waals surface area contributed by atoms with Crippen LogP contribution in [0.5, 0.6) is 0 Å². The van der Waals surface area contributed by atoms with Gasteiger partial charge in [-0.15, -0.1) is 0 Å². The van der Waals surface area contributed by atoms with E-state index in [4.69, 9.17) is 0 Å². The summed E-state index contributed by atoms with van der Waals surface area (Å²) < 4.78 is 5.45. The van der Waals surface area contributed by atoms with Crippen molar-refractivity contribution in [1.82, 2.24) is 9.13 Å². The Hall–Kier alpha value is -8.40. The van der Waals surface area contributed by atoms with Gasteiger partial charge < -0.3 is 9.13 Å². The Labute approximate surface area is 433 Å². The van der Waals surface area contributed by atoms with Crippen molar-refractivity contribution < 1.29 is 0 Å². The maximum atomic E-state index is 2.78. The van der Waals surface area contributed by atoms with Gasteiger partial charge in [0.25, 0.3) is 6.71 Å². The first-order valence-electron chi connectivity index (χ1n) is 26.5. The number of benzene rings is 10. The molecule has 0 N–H and O–H groups in total. The van der Waals surface area contributed by atoms with Gasteiger partial charge in [-0.1, -0.05) is 233 Å². The van der Waals surface area contributed by atoms with Gasteiger partial charge in [0.15, 0.2) is 0 Å². The maximum Gasteiger partial charge on any atom is 0.252 e. The van der Waals surface area contributed by atoms with Crippen molar-refractivity contribution in [2.75, 3.05) is 0 Å². The largest absolute Gasteiger partial charge is 0.310 e. The quantitative estimate of drug-likeness (QED) is 0.147. The predicted molar refractivity (Wildman–Crippen MR) is 311 cm³/mol. The lowest BCUT2D eigenvalue weighted by Gasteiger charge is -2.44. The highest BCUT2D eigenvalue weighted by atomic mass is 15.1. The monoisotopic (exact) mass is 944 g/mol. The summed E-state index contributed by atoms with van der Waals surface area (Å²) >= 11 is 0. The molecule has 1 aliphatic carbocycles. The van der Waals surface area contributed by atoms with Crippen molar-refractivity contribution in [1.29, 1.82) is 0 Å². The minimum Gasteiger partial charge on any atom is -0.310 e. The zero-order valence-corrected chi connectivity index (χ0v) is 42.7. The van der Waals surface area contributed by atoms with E-state index in [0.29, 0.717) is 0 Å². The average molecular weight is 945 g/mol. The van der Waals surface area contributed by atoms with Crippen LogP contribution in [0.3, 0.4) is 0 Å². The smallest absolute Gasteiger partial charge is 0.252 e. The highest BCUT2D eigenvalue weighted by Gasteiger charge is 2.55. The minimum absolute atomic E-state index is 0.0432. The lowest BCUT2D eigenvalue weighted by Crippen LogP contribution is -2.60. The van der Waals surface area contributed by atoms with E-state index in [2.05, 4.69) is 263 Å². The molecule has 2 aromatic heterocycles. The predicted octanol–water partition coefficient (Wildman–Crippen LogP) is 15.1. The van der Waals surface area contributed by atoms with Crippen molar-refractivity contribution >= 4 is 55.8 Å². The molecule has 1 spiro atoms. The van der Waals surface area contributed by atoms with E-state index >= 15 is 0 Å². The number of hydrogen-bond acceptors (Lipinski definition) is 0. The van der Waals surface area contributed by atoms with Crippen molar-refractivity contribution in [3.8, 4) is 44.9 Å². The SMILES string of the molecule is Cc1ccc2c(c1)C1(c3cc(C)ccc3-2)c2ccc3c4c2-n2c5c(cc(C(C)(C)c6ccccc6)cc5c5cc(C(C)(C)c6ccccc6)cc1c52)B4c1cccc2c(-c4ccccc4)c(-c4ccccc4)n-3c12. The standard InChI is InChI=1S/C71H53BN2/c1-42-30-32-50-51-33-31-43(2)37-57(51)71(56(50)36-42)55-34-35-61-63-68(55)74-65-53(38-48(40-58(65)71)69(3,4)46-24-15-9-16-25-46)54-39-49(70(5,6)47-26-17-10-18-27-47)41-60(67(54)74)72(63)59-29-19-28-52-62(44-20-11-7-12-21-44)64(73(61)66(52)59)45-22-13-8-14-23-45/h7-41H,1-6H3. The van der Waals surface area contributed by atoms with Gasteiger partial charge in [-0.05, 0) is 115 Å². The first-order chi connectivity index (χ1) is 36.1. The van der Waals surface area contributed by atoms with Crippen LogP contribution in [0.2, 0.25) is 0 Å². The molecular weight excluding hydrogens is 892 g/mol. The van der Waals surface area contributed by atoms with E-state index in [1.54, 1.807) is 0 Å². The fourth-order valence-electron chi connectivity index (χ4n) is 14.8. The van der Waals surface area contributed by atoms with Crippen LogP contribution < -0.4 is 16.4 Å². The summed E-state index contributed by atoms with van der Waals surface area (Å²) in [5.74, 6) is 0. The Balaban J connectivity index is 1.15. The summed E-state index contributed by atoms with van der Waals surface area (Å²) in [4.78, 5) is 0. The van der Waals surface area contributed by atoms with Gasteiger partial charge in [-0.2, -0.15) is 0 Å². The fraction of sp³-hybridized carbons (Fsp3) is 0.127. The summed E-state index contributed by atoms with van der Waals surface area (Å²) in [6.45, 7) is 14.3. The number of para-hydroxylation sites is 1. The molecule has 16 rings (SSSR count).